The van der Waals surface area contributed by atoms with Gasteiger partial charge in [0.25, 0.3) is 0 Å². The predicted molar refractivity (Wildman–Crippen MR) is 36.4 cm³/mol. The lowest BCUT2D eigenvalue weighted by molar-refractivity contribution is -0.112. The molecule has 0 heterocycles. The molecule has 0 aliphatic heterocycles. The van der Waals surface area contributed by atoms with Gasteiger partial charge in [-0.1, -0.05) is 15.9 Å². The van der Waals surface area contributed by atoms with E-state index >= 15 is 0 Å². The SMILES string of the molecule is CC(F)(F)F.FC(F)(F)C(Cl)Br. The zero-order valence-electron chi connectivity index (χ0n) is 5.60. The molecule has 0 fully saturated rings. The molecule has 76 valence electrons. The molecule has 0 aliphatic rings. The summed E-state index contributed by atoms with van der Waals surface area (Å²) in [6, 6.07) is 0. The van der Waals surface area contributed by atoms with E-state index in [1.807, 2.05) is 0 Å². The van der Waals surface area contributed by atoms with Crippen molar-refractivity contribution in [2.24, 2.45) is 0 Å². The second-order valence-corrected chi connectivity index (χ2v) is 3.50. The van der Waals surface area contributed by atoms with E-state index in [2.05, 4.69) is 27.5 Å². The molecule has 0 spiro atoms. The maximum Gasteiger partial charge on any atom is 0.414 e. The van der Waals surface area contributed by atoms with Crippen LogP contribution in [0.1, 0.15) is 6.92 Å². The second-order valence-electron chi connectivity index (χ2n) is 1.62. The summed E-state index contributed by atoms with van der Waals surface area (Å²) >= 11 is 6.68. The van der Waals surface area contributed by atoms with Crippen LogP contribution in [-0.2, 0) is 0 Å². The van der Waals surface area contributed by atoms with Crippen LogP contribution in [0.4, 0.5) is 26.3 Å². The highest BCUT2D eigenvalue weighted by molar-refractivity contribution is 9.10. The zero-order valence-corrected chi connectivity index (χ0v) is 7.94. The lowest BCUT2D eigenvalue weighted by atomic mass is 10.8. The molecule has 0 rings (SSSR count). The summed E-state index contributed by atoms with van der Waals surface area (Å²) < 4.78 is 62.1. The normalized spacial score (nSPS) is 14.8. The number of alkyl halides is 8. The van der Waals surface area contributed by atoms with Crippen molar-refractivity contribution in [3.05, 3.63) is 0 Å². The molecule has 12 heavy (non-hydrogen) atoms. The fourth-order valence-electron chi connectivity index (χ4n) is 0. The maximum atomic E-state index is 11.0. The smallest absolute Gasteiger partial charge is 0.172 e. The van der Waals surface area contributed by atoms with Crippen LogP contribution in [-0.4, -0.2) is 16.6 Å². The second kappa shape index (κ2) is 5.16. The summed E-state index contributed by atoms with van der Waals surface area (Å²) in [5.41, 5.74) is 0. The van der Waals surface area contributed by atoms with Gasteiger partial charge in [-0.3, -0.25) is 0 Å². The topological polar surface area (TPSA) is 0 Å². The van der Waals surface area contributed by atoms with Crippen molar-refractivity contribution in [2.75, 3.05) is 0 Å². The van der Waals surface area contributed by atoms with Gasteiger partial charge in [-0.15, -0.1) is 11.6 Å². The molecule has 0 amide bonds. The first-order valence-corrected chi connectivity index (χ1v) is 3.71. The summed E-state index contributed by atoms with van der Waals surface area (Å²) in [6.45, 7) is 0.188. The van der Waals surface area contributed by atoms with Crippen LogP contribution in [0.15, 0.2) is 0 Å². The maximum absolute atomic E-state index is 11.0. The monoisotopic (exact) mass is 280 g/mol. The fourth-order valence-corrected chi connectivity index (χ4v) is 0. The first-order valence-electron chi connectivity index (χ1n) is 2.36. The third-order valence-corrected chi connectivity index (χ3v) is 1.01. The van der Waals surface area contributed by atoms with E-state index < -0.39 is 16.6 Å². The van der Waals surface area contributed by atoms with Gasteiger partial charge in [0.1, 0.15) is 0 Å². The van der Waals surface area contributed by atoms with E-state index in [0.29, 0.717) is 0 Å². The Hall–Kier alpha value is 0.350. The van der Waals surface area contributed by atoms with Crippen LogP contribution in [0.25, 0.3) is 0 Å². The van der Waals surface area contributed by atoms with Crippen molar-refractivity contribution in [1.82, 2.24) is 0 Å². The Morgan fingerprint density at radius 3 is 1.17 bits per heavy atom. The third kappa shape index (κ3) is 22.4. The highest BCUT2D eigenvalue weighted by atomic mass is 79.9. The Morgan fingerprint density at radius 2 is 1.17 bits per heavy atom. The molecule has 0 nitrogen and oxygen atoms in total. The summed E-state index contributed by atoms with van der Waals surface area (Å²) in [7, 11) is 0. The van der Waals surface area contributed by atoms with Crippen LogP contribution in [0.5, 0.6) is 0 Å². The fraction of sp³-hybridized carbons (Fsp3) is 1.00. The van der Waals surface area contributed by atoms with E-state index in [-0.39, 0.29) is 6.92 Å². The molecule has 0 radical (unpaired) electrons. The minimum atomic E-state index is -4.32. The molecule has 0 aromatic carbocycles. The van der Waals surface area contributed by atoms with Crippen LogP contribution >= 0.6 is 27.5 Å². The van der Waals surface area contributed by atoms with Crippen LogP contribution < -0.4 is 0 Å². The summed E-state index contributed by atoms with van der Waals surface area (Å²) in [5.74, 6) is 0. The van der Waals surface area contributed by atoms with Crippen molar-refractivity contribution in [2.45, 2.75) is 23.6 Å². The highest BCUT2D eigenvalue weighted by Crippen LogP contribution is 2.28. The Kier molecular flexibility index (Phi) is 6.39. The predicted octanol–water partition coefficient (Wildman–Crippen LogP) is 4.08. The molecular formula is C4H4BrClF6. The van der Waals surface area contributed by atoms with Gasteiger partial charge in [-0.25, -0.2) is 0 Å². The van der Waals surface area contributed by atoms with Crippen LogP contribution in [0.3, 0.4) is 0 Å². The molecule has 0 saturated heterocycles. The standard InChI is InChI=1S/C2HBrClF3.C2H3F3/c3-1(4)2(5,6)7;1-2(3,4)5/h1H;1H3. The van der Waals surface area contributed by atoms with Gasteiger partial charge in [0.15, 0.2) is 4.29 Å². The van der Waals surface area contributed by atoms with E-state index in [0.717, 1.165) is 0 Å². The Morgan fingerprint density at radius 1 is 1.08 bits per heavy atom. The minimum Gasteiger partial charge on any atom is -0.172 e. The lowest BCUT2D eigenvalue weighted by Crippen LogP contribution is -2.16. The molecule has 0 aromatic rings. The van der Waals surface area contributed by atoms with Crippen molar-refractivity contribution in [1.29, 1.82) is 0 Å². The van der Waals surface area contributed by atoms with Gasteiger partial charge in [0, 0.05) is 6.92 Å². The van der Waals surface area contributed by atoms with E-state index in [4.69, 9.17) is 0 Å². The lowest BCUT2D eigenvalue weighted by Gasteiger charge is -2.03. The van der Waals surface area contributed by atoms with Gasteiger partial charge >= 0.3 is 12.4 Å². The molecule has 0 saturated carbocycles. The van der Waals surface area contributed by atoms with E-state index in [9.17, 15) is 26.3 Å². The molecule has 0 N–H and O–H groups in total. The average Bonchev–Trinajstić information content (AvgIpc) is 1.55. The molecular weight excluding hydrogens is 277 g/mol. The van der Waals surface area contributed by atoms with Gasteiger partial charge in [-0.05, 0) is 0 Å². The molecule has 0 aliphatic carbocycles. The number of hydrogen-bond donors (Lipinski definition) is 0. The minimum absolute atomic E-state index is 0.188. The quantitative estimate of drug-likeness (QED) is 0.464. The largest absolute Gasteiger partial charge is 0.414 e. The number of hydrogen-bond acceptors (Lipinski definition) is 0. The first kappa shape index (κ1) is 14.9. The van der Waals surface area contributed by atoms with Crippen molar-refractivity contribution >= 4 is 27.5 Å². The number of halogens is 8. The summed E-state index contributed by atoms with van der Waals surface area (Å²) in [6.07, 6.45) is -8.32. The summed E-state index contributed by atoms with van der Waals surface area (Å²) in [4.78, 5) is 0. The van der Waals surface area contributed by atoms with Gasteiger partial charge in [0.2, 0.25) is 0 Å². The van der Waals surface area contributed by atoms with E-state index in [1.165, 1.54) is 0 Å². The molecule has 1 unspecified atom stereocenters. The average molecular weight is 281 g/mol. The van der Waals surface area contributed by atoms with Gasteiger partial charge in [0.05, 0.1) is 0 Å². The first-order chi connectivity index (χ1) is 4.94. The molecule has 8 heteroatoms. The van der Waals surface area contributed by atoms with Crippen molar-refractivity contribution < 1.29 is 26.3 Å². The zero-order chi connectivity index (χ0) is 10.6. The van der Waals surface area contributed by atoms with Gasteiger partial charge < -0.3 is 0 Å². The van der Waals surface area contributed by atoms with Crippen molar-refractivity contribution in [3.8, 4) is 0 Å². The van der Waals surface area contributed by atoms with Crippen molar-refractivity contribution in [3.63, 3.8) is 0 Å². The third-order valence-electron chi connectivity index (χ3n) is 0.247. The van der Waals surface area contributed by atoms with E-state index in [1.54, 1.807) is 0 Å². The Labute approximate surface area is 78.0 Å². The van der Waals surface area contributed by atoms with Crippen LogP contribution in [0, 0.1) is 0 Å². The Bertz CT molecular complexity index is 110. The van der Waals surface area contributed by atoms with Crippen LogP contribution in [0.2, 0.25) is 0 Å². The van der Waals surface area contributed by atoms with Gasteiger partial charge in [-0.2, -0.15) is 26.3 Å². The summed E-state index contributed by atoms with van der Waals surface area (Å²) in [5, 5.41) is 0. The highest BCUT2D eigenvalue weighted by Gasteiger charge is 2.35. The number of rotatable bonds is 0. The molecule has 1 atom stereocenters. The Balaban J connectivity index is 0. The molecule has 0 aromatic heterocycles. The molecule has 0 bridgehead atoms.